The molecule has 0 saturated heterocycles. The summed E-state index contributed by atoms with van der Waals surface area (Å²) in [4.78, 5) is 5.14. The van der Waals surface area contributed by atoms with Crippen molar-refractivity contribution in [2.75, 3.05) is 0 Å². The normalized spacial score (nSPS) is 19.8. The highest BCUT2D eigenvalue weighted by atomic mass is 79.9. The maximum absolute atomic E-state index is 4.57. The van der Waals surface area contributed by atoms with E-state index in [9.17, 15) is 0 Å². The van der Waals surface area contributed by atoms with Crippen LogP contribution in [0.2, 0.25) is 0 Å². The highest BCUT2D eigenvalue weighted by Gasteiger charge is 2.40. The number of hydrogen-bond acceptors (Lipinski definition) is 1. The van der Waals surface area contributed by atoms with Crippen molar-refractivity contribution in [1.82, 2.24) is 4.98 Å². The van der Waals surface area contributed by atoms with Gasteiger partial charge < -0.3 is 0 Å². The SMILES string of the molecule is Cc1ccc(CC(Br)C2(CC(C)C)CCCC2)nc1. The van der Waals surface area contributed by atoms with Crippen molar-refractivity contribution >= 4 is 15.9 Å². The maximum Gasteiger partial charge on any atom is 0.0415 e. The quantitative estimate of drug-likeness (QED) is 0.670. The first-order chi connectivity index (χ1) is 9.02. The summed E-state index contributed by atoms with van der Waals surface area (Å²) in [6, 6.07) is 4.35. The van der Waals surface area contributed by atoms with Gasteiger partial charge in [-0.1, -0.05) is 48.7 Å². The van der Waals surface area contributed by atoms with Crippen molar-refractivity contribution in [1.29, 1.82) is 0 Å². The van der Waals surface area contributed by atoms with Crippen molar-refractivity contribution in [2.24, 2.45) is 11.3 Å². The lowest BCUT2D eigenvalue weighted by Gasteiger charge is -2.36. The van der Waals surface area contributed by atoms with Crippen LogP contribution in [-0.2, 0) is 6.42 Å². The molecule has 1 nitrogen and oxygen atoms in total. The largest absolute Gasteiger partial charge is 0.261 e. The van der Waals surface area contributed by atoms with Gasteiger partial charge in [0.15, 0.2) is 0 Å². The molecule has 2 rings (SSSR count). The molecule has 0 amide bonds. The summed E-state index contributed by atoms with van der Waals surface area (Å²) in [6.45, 7) is 6.80. The predicted molar refractivity (Wildman–Crippen MR) is 85.7 cm³/mol. The van der Waals surface area contributed by atoms with Crippen LogP contribution in [0.5, 0.6) is 0 Å². The fraction of sp³-hybridized carbons (Fsp3) is 0.706. The number of pyridine rings is 1. The summed E-state index contributed by atoms with van der Waals surface area (Å²) in [5.41, 5.74) is 2.97. The van der Waals surface area contributed by atoms with Crippen LogP contribution in [0.15, 0.2) is 18.3 Å². The van der Waals surface area contributed by atoms with Crippen molar-refractivity contribution in [3.63, 3.8) is 0 Å². The molecule has 1 heterocycles. The molecule has 0 N–H and O–H groups in total. The van der Waals surface area contributed by atoms with E-state index in [4.69, 9.17) is 0 Å². The van der Waals surface area contributed by atoms with Gasteiger partial charge >= 0.3 is 0 Å². The minimum atomic E-state index is 0.501. The zero-order chi connectivity index (χ0) is 13.9. The number of aromatic nitrogens is 1. The lowest BCUT2D eigenvalue weighted by atomic mass is 9.74. The Labute approximate surface area is 126 Å². The Morgan fingerprint density at radius 1 is 1.26 bits per heavy atom. The highest BCUT2D eigenvalue weighted by Crippen LogP contribution is 2.49. The molecule has 106 valence electrons. The van der Waals surface area contributed by atoms with Crippen LogP contribution in [-0.4, -0.2) is 9.81 Å². The van der Waals surface area contributed by atoms with Crippen molar-refractivity contribution < 1.29 is 0 Å². The minimum Gasteiger partial charge on any atom is -0.261 e. The number of aryl methyl sites for hydroxylation is 1. The number of hydrogen-bond donors (Lipinski definition) is 0. The van der Waals surface area contributed by atoms with Crippen LogP contribution in [0.1, 0.15) is 57.2 Å². The first kappa shape index (κ1) is 15.0. The number of alkyl halides is 1. The molecule has 1 unspecified atom stereocenters. The van der Waals surface area contributed by atoms with Crippen LogP contribution < -0.4 is 0 Å². The molecule has 1 aliphatic carbocycles. The van der Waals surface area contributed by atoms with E-state index in [2.05, 4.69) is 53.8 Å². The average molecular weight is 324 g/mol. The lowest BCUT2D eigenvalue weighted by molar-refractivity contribution is 0.227. The Bertz CT molecular complexity index is 390. The second kappa shape index (κ2) is 6.39. The Balaban J connectivity index is 2.07. The molecule has 2 heteroatoms. The van der Waals surface area contributed by atoms with Crippen LogP contribution in [0, 0.1) is 18.3 Å². The summed E-state index contributed by atoms with van der Waals surface area (Å²) in [5.74, 6) is 0.782. The third kappa shape index (κ3) is 3.81. The third-order valence-corrected chi connectivity index (χ3v) is 5.73. The molecule has 1 aromatic rings. The summed E-state index contributed by atoms with van der Waals surface area (Å²) in [7, 11) is 0. The van der Waals surface area contributed by atoms with E-state index in [1.165, 1.54) is 43.4 Å². The van der Waals surface area contributed by atoms with E-state index in [1.807, 2.05) is 6.20 Å². The molecule has 0 radical (unpaired) electrons. The Hall–Kier alpha value is -0.370. The van der Waals surface area contributed by atoms with E-state index in [1.54, 1.807) is 0 Å². The molecule has 1 aromatic heterocycles. The molecule has 0 aliphatic heterocycles. The standard InChI is InChI=1S/C17H26BrN/c1-13(2)11-17(8-4-5-9-17)16(18)10-15-7-6-14(3)12-19-15/h6-7,12-13,16H,4-5,8-11H2,1-3H3. The van der Waals surface area contributed by atoms with Gasteiger partial charge in [0.1, 0.15) is 0 Å². The average Bonchev–Trinajstić information content (AvgIpc) is 2.81. The Morgan fingerprint density at radius 2 is 1.95 bits per heavy atom. The van der Waals surface area contributed by atoms with Gasteiger partial charge in [0.2, 0.25) is 0 Å². The van der Waals surface area contributed by atoms with E-state index in [0.717, 1.165) is 12.3 Å². The summed E-state index contributed by atoms with van der Waals surface area (Å²) in [6.07, 6.45) is 9.95. The van der Waals surface area contributed by atoms with Gasteiger partial charge in [-0.25, -0.2) is 0 Å². The number of nitrogens with zero attached hydrogens (tertiary/aromatic N) is 1. The second-order valence-corrected chi connectivity index (χ2v) is 7.77. The van der Waals surface area contributed by atoms with E-state index in [0.29, 0.717) is 10.2 Å². The monoisotopic (exact) mass is 323 g/mol. The first-order valence-electron chi connectivity index (χ1n) is 7.57. The van der Waals surface area contributed by atoms with Crippen molar-refractivity contribution in [3.05, 3.63) is 29.6 Å². The topological polar surface area (TPSA) is 12.9 Å². The van der Waals surface area contributed by atoms with E-state index in [-0.39, 0.29) is 0 Å². The predicted octanol–water partition coefficient (Wildman–Crippen LogP) is 5.30. The Morgan fingerprint density at radius 3 is 2.47 bits per heavy atom. The molecular weight excluding hydrogens is 298 g/mol. The molecule has 1 atom stereocenters. The second-order valence-electron chi connectivity index (χ2n) is 6.67. The van der Waals surface area contributed by atoms with Gasteiger partial charge in [-0.05, 0) is 49.1 Å². The van der Waals surface area contributed by atoms with Gasteiger partial charge in [-0.3, -0.25) is 4.98 Å². The molecule has 0 spiro atoms. The van der Waals surface area contributed by atoms with E-state index < -0.39 is 0 Å². The van der Waals surface area contributed by atoms with Crippen LogP contribution >= 0.6 is 15.9 Å². The summed E-state index contributed by atoms with van der Waals surface area (Å²) < 4.78 is 0. The van der Waals surface area contributed by atoms with Crippen LogP contribution in [0.25, 0.3) is 0 Å². The highest BCUT2D eigenvalue weighted by molar-refractivity contribution is 9.09. The summed E-state index contributed by atoms with van der Waals surface area (Å²) >= 11 is 4.01. The fourth-order valence-electron chi connectivity index (χ4n) is 3.56. The molecular formula is C17H26BrN. The van der Waals surface area contributed by atoms with Crippen molar-refractivity contribution in [2.45, 2.75) is 64.1 Å². The zero-order valence-corrected chi connectivity index (χ0v) is 14.0. The first-order valence-corrected chi connectivity index (χ1v) is 8.49. The molecule has 19 heavy (non-hydrogen) atoms. The molecule has 0 bridgehead atoms. The zero-order valence-electron chi connectivity index (χ0n) is 12.5. The fourth-order valence-corrected chi connectivity index (χ4v) is 4.53. The van der Waals surface area contributed by atoms with Gasteiger partial charge in [0.05, 0.1) is 0 Å². The van der Waals surface area contributed by atoms with Crippen molar-refractivity contribution in [3.8, 4) is 0 Å². The number of halogens is 1. The van der Waals surface area contributed by atoms with Gasteiger partial charge in [0, 0.05) is 23.1 Å². The Kier molecular flexibility index (Phi) is 5.05. The lowest BCUT2D eigenvalue weighted by Crippen LogP contribution is -2.31. The number of rotatable bonds is 5. The molecule has 0 aromatic carbocycles. The van der Waals surface area contributed by atoms with E-state index >= 15 is 0 Å². The maximum atomic E-state index is 4.57. The van der Waals surface area contributed by atoms with Gasteiger partial charge in [-0.2, -0.15) is 0 Å². The van der Waals surface area contributed by atoms with Crippen LogP contribution in [0.3, 0.4) is 0 Å². The van der Waals surface area contributed by atoms with Gasteiger partial charge in [0.25, 0.3) is 0 Å². The molecule has 1 aliphatic rings. The molecule has 1 saturated carbocycles. The summed E-state index contributed by atoms with van der Waals surface area (Å²) in [5, 5.41) is 0. The molecule has 1 fully saturated rings. The minimum absolute atomic E-state index is 0.501. The van der Waals surface area contributed by atoms with Crippen LogP contribution in [0.4, 0.5) is 0 Å². The smallest absolute Gasteiger partial charge is 0.0415 e. The van der Waals surface area contributed by atoms with Gasteiger partial charge in [-0.15, -0.1) is 0 Å². The third-order valence-electron chi connectivity index (χ3n) is 4.44.